The van der Waals surface area contributed by atoms with Gasteiger partial charge in [-0.3, -0.25) is 4.90 Å². The van der Waals surface area contributed by atoms with E-state index in [0.29, 0.717) is 0 Å². The van der Waals surface area contributed by atoms with E-state index in [-0.39, 0.29) is 5.54 Å². The van der Waals surface area contributed by atoms with E-state index in [0.717, 1.165) is 19.6 Å². The second-order valence-corrected chi connectivity index (χ2v) is 6.35. The van der Waals surface area contributed by atoms with E-state index in [1.165, 1.54) is 37.3 Å². The number of anilines is 1. The molecule has 1 aromatic carbocycles. The zero-order chi connectivity index (χ0) is 13.3. The highest BCUT2D eigenvalue weighted by atomic mass is 15.3. The molecule has 0 spiro atoms. The number of hydrogen-bond acceptors (Lipinski definition) is 3. The van der Waals surface area contributed by atoms with Gasteiger partial charge in [0.1, 0.15) is 0 Å². The highest BCUT2D eigenvalue weighted by molar-refractivity contribution is 5.58. The van der Waals surface area contributed by atoms with E-state index in [1.807, 2.05) is 0 Å². The molecule has 0 amide bonds. The van der Waals surface area contributed by atoms with Crippen LogP contribution in [0.2, 0.25) is 0 Å². The van der Waals surface area contributed by atoms with Crippen molar-refractivity contribution in [2.75, 3.05) is 44.2 Å². The van der Waals surface area contributed by atoms with Crippen LogP contribution in [0.3, 0.4) is 0 Å². The van der Waals surface area contributed by atoms with Crippen LogP contribution >= 0.6 is 0 Å². The summed E-state index contributed by atoms with van der Waals surface area (Å²) in [6, 6.07) is 8.86. The zero-order valence-corrected chi connectivity index (χ0v) is 12.2. The Kier molecular flexibility index (Phi) is 3.50. The molecule has 0 aromatic heterocycles. The summed E-state index contributed by atoms with van der Waals surface area (Å²) in [4.78, 5) is 5.20. The van der Waals surface area contributed by atoms with Gasteiger partial charge in [0.05, 0.1) is 0 Å². The minimum atomic E-state index is 0.250. The van der Waals surface area contributed by atoms with Crippen LogP contribution in [0.1, 0.15) is 19.4 Å². The molecule has 0 aliphatic carbocycles. The van der Waals surface area contributed by atoms with Gasteiger partial charge in [-0.2, -0.15) is 0 Å². The van der Waals surface area contributed by atoms with Crippen molar-refractivity contribution in [2.45, 2.75) is 25.8 Å². The maximum atomic E-state index is 3.44. The van der Waals surface area contributed by atoms with Crippen molar-refractivity contribution in [1.29, 1.82) is 0 Å². The van der Waals surface area contributed by atoms with Crippen molar-refractivity contribution in [3.8, 4) is 0 Å². The first-order valence-electron chi connectivity index (χ1n) is 7.45. The molecule has 1 saturated heterocycles. The van der Waals surface area contributed by atoms with Crippen molar-refractivity contribution >= 4 is 5.69 Å². The highest BCUT2D eigenvalue weighted by Crippen LogP contribution is 2.30. The van der Waals surface area contributed by atoms with Crippen LogP contribution < -0.4 is 10.2 Å². The van der Waals surface area contributed by atoms with Gasteiger partial charge in [-0.15, -0.1) is 0 Å². The predicted octanol–water partition coefficient (Wildman–Crippen LogP) is 1.73. The Labute approximate surface area is 116 Å². The lowest BCUT2D eigenvalue weighted by Gasteiger charge is -2.43. The number of rotatable bonds is 3. The lowest BCUT2D eigenvalue weighted by molar-refractivity contribution is 0.109. The second-order valence-electron chi connectivity index (χ2n) is 6.35. The Morgan fingerprint density at radius 3 is 2.63 bits per heavy atom. The average Bonchev–Trinajstić information content (AvgIpc) is 2.83. The number of nitrogens with one attached hydrogen (secondary N) is 1. The molecule has 0 bridgehead atoms. The maximum absolute atomic E-state index is 3.44. The van der Waals surface area contributed by atoms with Crippen LogP contribution in [0.25, 0.3) is 0 Å². The predicted molar refractivity (Wildman–Crippen MR) is 80.9 cm³/mol. The summed E-state index contributed by atoms with van der Waals surface area (Å²) >= 11 is 0. The minimum Gasteiger partial charge on any atom is -0.369 e. The quantitative estimate of drug-likeness (QED) is 0.892. The van der Waals surface area contributed by atoms with Gasteiger partial charge in [0, 0.05) is 50.5 Å². The standard InChI is InChI=1S/C16H25N3/c1-16(2,19-11-8-17-9-12-19)13-18-10-7-14-5-3-4-6-15(14)18/h3-6,17H,7-13H2,1-2H3. The lowest BCUT2D eigenvalue weighted by Crippen LogP contribution is -2.57. The van der Waals surface area contributed by atoms with Gasteiger partial charge in [0.25, 0.3) is 0 Å². The summed E-state index contributed by atoms with van der Waals surface area (Å²) in [5.74, 6) is 0. The van der Waals surface area contributed by atoms with Crippen LogP contribution in [-0.2, 0) is 6.42 Å². The number of para-hydroxylation sites is 1. The molecular weight excluding hydrogens is 234 g/mol. The molecule has 2 aliphatic rings. The van der Waals surface area contributed by atoms with Crippen molar-refractivity contribution in [3.63, 3.8) is 0 Å². The summed E-state index contributed by atoms with van der Waals surface area (Å²) in [6.07, 6.45) is 1.20. The van der Waals surface area contributed by atoms with Crippen LogP contribution in [0, 0.1) is 0 Å². The topological polar surface area (TPSA) is 18.5 Å². The number of benzene rings is 1. The van der Waals surface area contributed by atoms with Gasteiger partial charge >= 0.3 is 0 Å². The van der Waals surface area contributed by atoms with E-state index in [9.17, 15) is 0 Å². The molecule has 3 nitrogen and oxygen atoms in total. The van der Waals surface area contributed by atoms with Crippen molar-refractivity contribution < 1.29 is 0 Å². The molecule has 1 aromatic rings. The van der Waals surface area contributed by atoms with Crippen LogP contribution in [0.5, 0.6) is 0 Å². The van der Waals surface area contributed by atoms with Gasteiger partial charge in [0.2, 0.25) is 0 Å². The minimum absolute atomic E-state index is 0.250. The fourth-order valence-corrected chi connectivity index (χ4v) is 3.41. The zero-order valence-electron chi connectivity index (χ0n) is 12.2. The first-order valence-corrected chi connectivity index (χ1v) is 7.45. The number of piperazine rings is 1. The molecule has 0 unspecified atom stereocenters. The second kappa shape index (κ2) is 5.14. The third-order valence-electron chi connectivity index (χ3n) is 4.53. The van der Waals surface area contributed by atoms with Gasteiger partial charge < -0.3 is 10.2 Å². The number of hydrogen-bond donors (Lipinski definition) is 1. The first kappa shape index (κ1) is 12.9. The maximum Gasteiger partial charge on any atom is 0.0400 e. The smallest absolute Gasteiger partial charge is 0.0400 e. The molecule has 0 radical (unpaired) electrons. The molecule has 0 atom stereocenters. The van der Waals surface area contributed by atoms with Crippen molar-refractivity contribution in [3.05, 3.63) is 29.8 Å². The van der Waals surface area contributed by atoms with E-state index in [4.69, 9.17) is 0 Å². The summed E-state index contributed by atoms with van der Waals surface area (Å²) in [6.45, 7) is 11.7. The third-order valence-corrected chi connectivity index (χ3v) is 4.53. The molecule has 1 fully saturated rings. The van der Waals surface area contributed by atoms with Crippen molar-refractivity contribution in [1.82, 2.24) is 10.2 Å². The summed E-state index contributed by atoms with van der Waals surface area (Å²) in [7, 11) is 0. The van der Waals surface area contributed by atoms with E-state index in [2.05, 4.69) is 53.2 Å². The number of fused-ring (bicyclic) bond motifs is 1. The Morgan fingerprint density at radius 1 is 1.11 bits per heavy atom. The molecule has 3 rings (SSSR count). The molecule has 104 valence electrons. The fourth-order valence-electron chi connectivity index (χ4n) is 3.41. The third kappa shape index (κ3) is 2.63. The largest absolute Gasteiger partial charge is 0.369 e. The first-order chi connectivity index (χ1) is 9.17. The monoisotopic (exact) mass is 259 g/mol. The SMILES string of the molecule is CC(C)(CN1CCc2ccccc21)N1CCNCC1. The molecule has 2 aliphatic heterocycles. The van der Waals surface area contributed by atoms with Crippen LogP contribution in [-0.4, -0.2) is 49.7 Å². The molecular formula is C16H25N3. The highest BCUT2D eigenvalue weighted by Gasteiger charge is 2.31. The Hall–Kier alpha value is -1.06. The number of nitrogens with zero attached hydrogens (tertiary/aromatic N) is 2. The van der Waals surface area contributed by atoms with Gasteiger partial charge in [-0.25, -0.2) is 0 Å². The normalized spacial score (nSPS) is 20.6. The van der Waals surface area contributed by atoms with Gasteiger partial charge in [-0.05, 0) is 31.9 Å². The van der Waals surface area contributed by atoms with E-state index >= 15 is 0 Å². The Balaban J connectivity index is 1.71. The van der Waals surface area contributed by atoms with Crippen LogP contribution in [0.15, 0.2) is 24.3 Å². The fraction of sp³-hybridized carbons (Fsp3) is 0.625. The van der Waals surface area contributed by atoms with Gasteiger partial charge in [0.15, 0.2) is 0 Å². The van der Waals surface area contributed by atoms with E-state index in [1.54, 1.807) is 0 Å². The van der Waals surface area contributed by atoms with Crippen LogP contribution in [0.4, 0.5) is 5.69 Å². The molecule has 3 heteroatoms. The summed E-state index contributed by atoms with van der Waals surface area (Å²) in [5.41, 5.74) is 3.21. The molecule has 2 heterocycles. The Morgan fingerprint density at radius 2 is 1.84 bits per heavy atom. The van der Waals surface area contributed by atoms with Crippen molar-refractivity contribution in [2.24, 2.45) is 0 Å². The summed E-state index contributed by atoms with van der Waals surface area (Å²) in [5, 5.41) is 3.44. The lowest BCUT2D eigenvalue weighted by atomic mass is 10.0. The van der Waals surface area contributed by atoms with E-state index < -0.39 is 0 Å². The molecule has 1 N–H and O–H groups in total. The van der Waals surface area contributed by atoms with Gasteiger partial charge in [-0.1, -0.05) is 18.2 Å². The molecule has 19 heavy (non-hydrogen) atoms. The average molecular weight is 259 g/mol. The summed E-state index contributed by atoms with van der Waals surface area (Å²) < 4.78 is 0. The molecule has 0 saturated carbocycles. The Bertz CT molecular complexity index is 435.